The van der Waals surface area contributed by atoms with Crippen LogP contribution in [-0.4, -0.2) is 53.1 Å². The molecule has 2 saturated heterocycles. The van der Waals surface area contributed by atoms with Crippen molar-refractivity contribution in [2.75, 3.05) is 19.6 Å². The molecular formula is C16H23FN2O3. The molecule has 6 heteroatoms. The fraction of sp³-hybridized carbons (Fsp3) is 0.750. The minimum absolute atomic E-state index is 0.0180. The van der Waals surface area contributed by atoms with E-state index >= 15 is 0 Å². The van der Waals surface area contributed by atoms with Crippen molar-refractivity contribution < 1.29 is 18.7 Å². The van der Waals surface area contributed by atoms with Gasteiger partial charge in [0.2, 0.25) is 5.91 Å². The summed E-state index contributed by atoms with van der Waals surface area (Å²) >= 11 is 0. The van der Waals surface area contributed by atoms with Crippen molar-refractivity contribution in [1.82, 2.24) is 9.80 Å². The number of nitrogens with zero attached hydrogens (tertiary/aromatic N) is 2. The highest BCUT2D eigenvalue weighted by molar-refractivity contribution is 5.83. The molecule has 2 amide bonds. The first-order chi connectivity index (χ1) is 10.3. The molecule has 5 nitrogen and oxygen atoms in total. The summed E-state index contributed by atoms with van der Waals surface area (Å²) in [5.41, 5.74) is -0.537. The highest BCUT2D eigenvalue weighted by atomic mass is 19.1. The Bertz CT molecular complexity index is 526. The molecule has 2 bridgehead atoms. The fourth-order valence-electron chi connectivity index (χ4n) is 3.62. The van der Waals surface area contributed by atoms with Crippen LogP contribution in [0, 0.1) is 11.8 Å². The molecule has 0 spiro atoms. The summed E-state index contributed by atoms with van der Waals surface area (Å²) in [6, 6.07) is -0.0821. The van der Waals surface area contributed by atoms with Crippen LogP contribution in [0.2, 0.25) is 0 Å². The molecule has 0 N–H and O–H groups in total. The molecule has 0 unspecified atom stereocenters. The minimum Gasteiger partial charge on any atom is -0.444 e. The number of rotatable bonds is 1. The first-order valence-corrected chi connectivity index (χ1v) is 7.89. The molecule has 3 fully saturated rings. The van der Waals surface area contributed by atoms with Gasteiger partial charge in [-0.15, -0.1) is 0 Å². The van der Waals surface area contributed by atoms with Gasteiger partial charge in [0, 0.05) is 19.1 Å². The lowest BCUT2D eigenvalue weighted by molar-refractivity contribution is -0.140. The van der Waals surface area contributed by atoms with Gasteiger partial charge in [-0.25, -0.2) is 9.18 Å². The summed E-state index contributed by atoms with van der Waals surface area (Å²) in [6.07, 6.45) is 2.60. The normalized spacial score (nSPS) is 30.7. The van der Waals surface area contributed by atoms with Crippen molar-refractivity contribution >= 4 is 12.0 Å². The zero-order valence-electron chi connectivity index (χ0n) is 13.3. The Morgan fingerprint density at radius 2 is 2.09 bits per heavy atom. The quantitative estimate of drug-likeness (QED) is 0.747. The number of amides is 2. The first-order valence-electron chi connectivity index (χ1n) is 7.89. The molecule has 22 heavy (non-hydrogen) atoms. The van der Waals surface area contributed by atoms with Crippen molar-refractivity contribution in [2.45, 2.75) is 45.3 Å². The highest BCUT2D eigenvalue weighted by Gasteiger charge is 2.58. The second-order valence-corrected chi connectivity index (χ2v) is 7.42. The summed E-state index contributed by atoms with van der Waals surface area (Å²) < 4.78 is 18.8. The van der Waals surface area contributed by atoms with Crippen molar-refractivity contribution in [3.8, 4) is 0 Å². The second kappa shape index (κ2) is 5.25. The summed E-state index contributed by atoms with van der Waals surface area (Å²) in [6.45, 7) is 6.70. The van der Waals surface area contributed by atoms with E-state index in [9.17, 15) is 14.0 Å². The molecule has 0 aromatic carbocycles. The molecule has 1 aliphatic carbocycles. The van der Waals surface area contributed by atoms with Gasteiger partial charge < -0.3 is 14.5 Å². The van der Waals surface area contributed by atoms with Gasteiger partial charge >= 0.3 is 6.09 Å². The maximum Gasteiger partial charge on any atom is 0.410 e. The predicted molar refractivity (Wildman–Crippen MR) is 78.7 cm³/mol. The van der Waals surface area contributed by atoms with Crippen molar-refractivity contribution in [2.24, 2.45) is 11.8 Å². The Balaban J connectivity index is 1.63. The molecule has 3 atom stereocenters. The van der Waals surface area contributed by atoms with Gasteiger partial charge in [-0.2, -0.15) is 0 Å². The van der Waals surface area contributed by atoms with Crippen LogP contribution in [0.4, 0.5) is 9.18 Å². The third kappa shape index (κ3) is 2.71. The van der Waals surface area contributed by atoms with Crippen LogP contribution < -0.4 is 0 Å². The predicted octanol–water partition coefficient (Wildman–Crippen LogP) is 2.33. The van der Waals surface area contributed by atoms with Crippen LogP contribution in [0.25, 0.3) is 0 Å². The van der Waals surface area contributed by atoms with E-state index in [2.05, 4.69) is 0 Å². The van der Waals surface area contributed by atoms with E-state index in [0.29, 0.717) is 19.5 Å². The number of hydrogen-bond acceptors (Lipinski definition) is 3. The minimum atomic E-state index is -0.537. The molecule has 0 radical (unpaired) electrons. The van der Waals surface area contributed by atoms with Crippen LogP contribution in [0.5, 0.6) is 0 Å². The summed E-state index contributed by atoms with van der Waals surface area (Å²) in [7, 11) is 0. The van der Waals surface area contributed by atoms with Crippen LogP contribution >= 0.6 is 0 Å². The van der Waals surface area contributed by atoms with Gasteiger partial charge in [-0.1, -0.05) is 0 Å². The van der Waals surface area contributed by atoms with E-state index < -0.39 is 5.60 Å². The number of halogens is 1. The number of ether oxygens (including phenoxy) is 1. The lowest BCUT2D eigenvalue weighted by Gasteiger charge is -2.39. The third-order valence-corrected chi connectivity index (χ3v) is 4.63. The van der Waals surface area contributed by atoms with Gasteiger partial charge in [-0.05, 0) is 45.6 Å². The van der Waals surface area contributed by atoms with Crippen LogP contribution in [0.3, 0.4) is 0 Å². The van der Waals surface area contributed by atoms with Crippen LogP contribution in [0.1, 0.15) is 33.6 Å². The Kier molecular flexibility index (Phi) is 3.65. The van der Waals surface area contributed by atoms with Crippen molar-refractivity contribution in [3.63, 3.8) is 0 Å². The molecule has 3 heterocycles. The van der Waals surface area contributed by atoms with Crippen LogP contribution in [-0.2, 0) is 9.53 Å². The number of fused-ring (bicyclic) bond motifs is 1. The topological polar surface area (TPSA) is 49.9 Å². The Labute approximate surface area is 130 Å². The lowest BCUT2D eigenvalue weighted by Crippen LogP contribution is -2.52. The zero-order chi connectivity index (χ0) is 16.1. The first kappa shape index (κ1) is 15.3. The Hall–Kier alpha value is -1.59. The van der Waals surface area contributed by atoms with Gasteiger partial charge in [0.25, 0.3) is 0 Å². The largest absolute Gasteiger partial charge is 0.444 e. The smallest absolute Gasteiger partial charge is 0.410 e. The van der Waals surface area contributed by atoms with E-state index in [-0.39, 0.29) is 42.2 Å². The Morgan fingerprint density at radius 1 is 1.36 bits per heavy atom. The van der Waals surface area contributed by atoms with E-state index in [4.69, 9.17) is 4.74 Å². The van der Waals surface area contributed by atoms with E-state index in [1.54, 1.807) is 9.80 Å². The average molecular weight is 310 g/mol. The van der Waals surface area contributed by atoms with Crippen molar-refractivity contribution in [3.05, 3.63) is 11.9 Å². The standard InChI is InChI=1S/C16H23FN2O3/c1-16(2,3)22-15(21)19-8-10-7-12(19)13(10)14(20)18-6-4-5-11(17)9-18/h5,10,12-13H,4,6-9H2,1-3H3/t10-,12+,13+/m1/s1. The monoisotopic (exact) mass is 310 g/mol. The number of carbonyl (C=O) groups is 2. The lowest BCUT2D eigenvalue weighted by atomic mass is 9.73. The second-order valence-electron chi connectivity index (χ2n) is 7.42. The summed E-state index contributed by atoms with van der Waals surface area (Å²) in [4.78, 5) is 28.1. The maximum atomic E-state index is 13.4. The average Bonchev–Trinajstić information content (AvgIpc) is 2.95. The summed E-state index contributed by atoms with van der Waals surface area (Å²) in [5.74, 6) is -0.247. The van der Waals surface area contributed by atoms with E-state index in [0.717, 1.165) is 6.42 Å². The van der Waals surface area contributed by atoms with Gasteiger partial charge in [-0.3, -0.25) is 4.79 Å². The third-order valence-electron chi connectivity index (χ3n) is 4.63. The Morgan fingerprint density at radius 3 is 2.73 bits per heavy atom. The molecule has 0 aromatic rings. The fourth-order valence-corrected chi connectivity index (χ4v) is 3.62. The SMILES string of the molecule is CC(C)(C)OC(=O)N1C[C@H]2C[C@H]1[C@H]2C(=O)N1CCC=C(F)C1. The molecule has 4 aliphatic rings. The van der Waals surface area contributed by atoms with Gasteiger partial charge in [0.05, 0.1) is 12.5 Å². The van der Waals surface area contributed by atoms with E-state index in [1.165, 1.54) is 6.08 Å². The molecule has 0 aromatic heterocycles. The van der Waals surface area contributed by atoms with Gasteiger partial charge in [0.1, 0.15) is 11.4 Å². The number of carbonyl (C=O) groups excluding carboxylic acids is 2. The summed E-state index contributed by atoms with van der Waals surface area (Å²) in [5, 5.41) is 0. The molecule has 3 aliphatic heterocycles. The number of hydrogen-bond donors (Lipinski definition) is 0. The molecule has 4 rings (SSSR count). The zero-order valence-corrected chi connectivity index (χ0v) is 13.3. The maximum absolute atomic E-state index is 13.4. The highest BCUT2D eigenvalue weighted by Crippen LogP contribution is 2.47. The van der Waals surface area contributed by atoms with Crippen molar-refractivity contribution in [1.29, 1.82) is 0 Å². The molecule has 122 valence electrons. The van der Waals surface area contributed by atoms with Gasteiger partial charge in [0.15, 0.2) is 0 Å². The van der Waals surface area contributed by atoms with Crippen LogP contribution in [0.15, 0.2) is 11.9 Å². The molecule has 1 saturated carbocycles. The molecular weight excluding hydrogens is 287 g/mol. The van der Waals surface area contributed by atoms with E-state index in [1.807, 2.05) is 20.8 Å².